The molecule has 6 heteroatoms. The Morgan fingerprint density at radius 3 is 2.17 bits per heavy atom. The summed E-state index contributed by atoms with van der Waals surface area (Å²) in [6, 6.07) is 12.8. The van der Waals surface area contributed by atoms with Crippen LogP contribution in [0.25, 0.3) is 0 Å². The van der Waals surface area contributed by atoms with E-state index in [1.54, 1.807) is 18.0 Å². The van der Waals surface area contributed by atoms with Crippen molar-refractivity contribution in [1.29, 1.82) is 0 Å². The zero-order chi connectivity index (χ0) is 17.5. The van der Waals surface area contributed by atoms with E-state index in [9.17, 15) is 4.39 Å². The van der Waals surface area contributed by atoms with Crippen LogP contribution in [0.15, 0.2) is 47.5 Å². The molecule has 0 saturated carbocycles. The standard InChI is InChI=1S/C18H22ClFN4/c1-21-18(22-11-13-4-7-15(19)8-5-13)23-12-14-6-9-17(24(2)3)16(20)10-14/h4-10H,11-12H2,1-3H3,(H2,21,22,23). The van der Waals surface area contributed by atoms with E-state index in [0.29, 0.717) is 29.8 Å². The third kappa shape index (κ3) is 5.13. The Morgan fingerprint density at radius 1 is 1.04 bits per heavy atom. The van der Waals surface area contributed by atoms with Crippen molar-refractivity contribution in [2.75, 3.05) is 26.0 Å². The summed E-state index contributed by atoms with van der Waals surface area (Å²) >= 11 is 5.87. The lowest BCUT2D eigenvalue weighted by molar-refractivity contribution is 0.623. The second-order valence-electron chi connectivity index (χ2n) is 5.59. The largest absolute Gasteiger partial charge is 0.375 e. The van der Waals surface area contributed by atoms with Crippen molar-refractivity contribution in [2.24, 2.45) is 4.99 Å². The number of benzene rings is 2. The van der Waals surface area contributed by atoms with Gasteiger partial charge in [-0.05, 0) is 35.4 Å². The van der Waals surface area contributed by atoms with Crippen molar-refractivity contribution < 1.29 is 4.39 Å². The molecule has 0 unspecified atom stereocenters. The number of hydrogen-bond donors (Lipinski definition) is 2. The summed E-state index contributed by atoms with van der Waals surface area (Å²) in [5.41, 5.74) is 2.53. The van der Waals surface area contributed by atoms with Gasteiger partial charge in [0.25, 0.3) is 0 Å². The predicted molar refractivity (Wildman–Crippen MR) is 99.2 cm³/mol. The normalized spacial score (nSPS) is 11.3. The molecule has 2 aromatic carbocycles. The zero-order valence-electron chi connectivity index (χ0n) is 14.1. The SMILES string of the molecule is CN=C(NCc1ccc(Cl)cc1)NCc1ccc(N(C)C)c(F)c1. The lowest BCUT2D eigenvalue weighted by Gasteiger charge is -2.15. The fraction of sp³-hybridized carbons (Fsp3) is 0.278. The minimum atomic E-state index is -0.233. The molecule has 0 fully saturated rings. The zero-order valence-corrected chi connectivity index (χ0v) is 14.9. The number of halogens is 2. The van der Waals surface area contributed by atoms with Gasteiger partial charge >= 0.3 is 0 Å². The predicted octanol–water partition coefficient (Wildman–Crippen LogP) is 3.41. The average Bonchev–Trinajstić information content (AvgIpc) is 2.56. The van der Waals surface area contributed by atoms with Gasteiger partial charge in [-0.2, -0.15) is 0 Å². The maximum absolute atomic E-state index is 14.0. The van der Waals surface area contributed by atoms with Gasteiger partial charge < -0.3 is 15.5 Å². The van der Waals surface area contributed by atoms with Gasteiger partial charge in [-0.25, -0.2) is 4.39 Å². The fourth-order valence-corrected chi connectivity index (χ4v) is 2.34. The molecule has 24 heavy (non-hydrogen) atoms. The number of nitrogens with zero attached hydrogens (tertiary/aromatic N) is 2. The van der Waals surface area contributed by atoms with Crippen molar-refractivity contribution in [3.05, 3.63) is 64.4 Å². The number of hydrogen-bond acceptors (Lipinski definition) is 2. The molecular weight excluding hydrogens is 327 g/mol. The number of rotatable bonds is 5. The van der Waals surface area contributed by atoms with Crippen LogP contribution < -0.4 is 15.5 Å². The molecule has 0 amide bonds. The van der Waals surface area contributed by atoms with Gasteiger partial charge in [0, 0.05) is 39.3 Å². The molecule has 0 bridgehead atoms. The Morgan fingerprint density at radius 2 is 1.62 bits per heavy atom. The van der Waals surface area contributed by atoms with E-state index in [1.807, 2.05) is 44.4 Å². The molecule has 4 nitrogen and oxygen atoms in total. The highest BCUT2D eigenvalue weighted by molar-refractivity contribution is 6.30. The summed E-state index contributed by atoms with van der Waals surface area (Å²) in [5, 5.41) is 7.10. The number of aliphatic imine (C=N–C) groups is 1. The molecule has 128 valence electrons. The molecule has 0 aliphatic rings. The van der Waals surface area contributed by atoms with Gasteiger partial charge in [0.1, 0.15) is 5.82 Å². The molecule has 0 aliphatic heterocycles. The molecule has 0 atom stereocenters. The molecule has 0 radical (unpaired) electrons. The average molecular weight is 349 g/mol. The van der Waals surface area contributed by atoms with E-state index in [-0.39, 0.29) is 5.82 Å². The van der Waals surface area contributed by atoms with Crippen LogP contribution in [-0.2, 0) is 13.1 Å². The second-order valence-corrected chi connectivity index (χ2v) is 6.02. The third-order valence-corrected chi connectivity index (χ3v) is 3.80. The summed E-state index contributed by atoms with van der Waals surface area (Å²) in [4.78, 5) is 5.92. The van der Waals surface area contributed by atoms with Crippen molar-refractivity contribution in [3.63, 3.8) is 0 Å². The minimum Gasteiger partial charge on any atom is -0.375 e. The van der Waals surface area contributed by atoms with Crippen molar-refractivity contribution in [3.8, 4) is 0 Å². The van der Waals surface area contributed by atoms with Gasteiger partial charge in [-0.15, -0.1) is 0 Å². The molecule has 0 aromatic heterocycles. The summed E-state index contributed by atoms with van der Waals surface area (Å²) in [6.45, 7) is 1.12. The first kappa shape index (κ1) is 18.1. The van der Waals surface area contributed by atoms with Gasteiger partial charge in [0.05, 0.1) is 5.69 Å². The van der Waals surface area contributed by atoms with Crippen LogP contribution >= 0.6 is 11.6 Å². The summed E-state index contributed by atoms with van der Waals surface area (Å²) in [7, 11) is 5.34. The molecule has 2 rings (SSSR count). The highest BCUT2D eigenvalue weighted by Gasteiger charge is 2.06. The molecule has 0 saturated heterocycles. The maximum atomic E-state index is 14.0. The van der Waals surface area contributed by atoms with Crippen LogP contribution in [0.1, 0.15) is 11.1 Å². The maximum Gasteiger partial charge on any atom is 0.191 e. The lowest BCUT2D eigenvalue weighted by Crippen LogP contribution is -2.36. The quantitative estimate of drug-likeness (QED) is 0.642. The number of nitrogens with one attached hydrogen (secondary N) is 2. The molecule has 2 N–H and O–H groups in total. The minimum absolute atomic E-state index is 0.233. The summed E-state index contributed by atoms with van der Waals surface area (Å²) in [5.74, 6) is 0.422. The van der Waals surface area contributed by atoms with Gasteiger partial charge in [-0.1, -0.05) is 29.8 Å². The van der Waals surface area contributed by atoms with E-state index in [2.05, 4.69) is 15.6 Å². The van der Waals surface area contributed by atoms with Crippen molar-refractivity contribution >= 4 is 23.2 Å². The Labute approximate surface area is 147 Å². The van der Waals surface area contributed by atoms with Gasteiger partial charge in [0.15, 0.2) is 5.96 Å². The van der Waals surface area contributed by atoms with E-state index >= 15 is 0 Å². The topological polar surface area (TPSA) is 39.7 Å². The van der Waals surface area contributed by atoms with E-state index in [1.165, 1.54) is 6.07 Å². The van der Waals surface area contributed by atoms with E-state index in [4.69, 9.17) is 11.6 Å². The van der Waals surface area contributed by atoms with Crippen LogP contribution in [0.4, 0.5) is 10.1 Å². The van der Waals surface area contributed by atoms with Crippen molar-refractivity contribution in [2.45, 2.75) is 13.1 Å². The number of guanidine groups is 1. The molecule has 0 spiro atoms. The highest BCUT2D eigenvalue weighted by atomic mass is 35.5. The smallest absolute Gasteiger partial charge is 0.191 e. The lowest BCUT2D eigenvalue weighted by atomic mass is 10.2. The van der Waals surface area contributed by atoms with Gasteiger partial charge in [-0.3, -0.25) is 4.99 Å². The Bertz CT molecular complexity index is 699. The second kappa shape index (κ2) is 8.55. The van der Waals surface area contributed by atoms with Gasteiger partial charge in [0.2, 0.25) is 0 Å². The monoisotopic (exact) mass is 348 g/mol. The first-order valence-corrected chi connectivity index (χ1v) is 8.02. The highest BCUT2D eigenvalue weighted by Crippen LogP contribution is 2.18. The number of anilines is 1. The summed E-state index contributed by atoms with van der Waals surface area (Å²) < 4.78 is 14.0. The van der Waals surface area contributed by atoms with Crippen LogP contribution in [-0.4, -0.2) is 27.1 Å². The first-order chi connectivity index (χ1) is 11.5. The molecule has 0 heterocycles. The fourth-order valence-electron chi connectivity index (χ4n) is 2.22. The van der Waals surface area contributed by atoms with Crippen LogP contribution in [0, 0.1) is 5.82 Å². The summed E-state index contributed by atoms with van der Waals surface area (Å²) in [6.07, 6.45) is 0. The van der Waals surface area contributed by atoms with Crippen LogP contribution in [0.2, 0.25) is 5.02 Å². The molecular formula is C18H22ClFN4. The Kier molecular flexibility index (Phi) is 6.44. The van der Waals surface area contributed by atoms with Crippen LogP contribution in [0.3, 0.4) is 0 Å². The third-order valence-electron chi connectivity index (χ3n) is 3.55. The first-order valence-electron chi connectivity index (χ1n) is 7.64. The molecule has 0 aliphatic carbocycles. The van der Waals surface area contributed by atoms with Crippen LogP contribution in [0.5, 0.6) is 0 Å². The molecule has 2 aromatic rings. The Balaban J connectivity index is 1.89. The van der Waals surface area contributed by atoms with Crippen molar-refractivity contribution in [1.82, 2.24) is 10.6 Å². The van der Waals surface area contributed by atoms with E-state index in [0.717, 1.165) is 11.1 Å². The van der Waals surface area contributed by atoms with E-state index < -0.39 is 0 Å². The Hall–Kier alpha value is -2.27.